The summed E-state index contributed by atoms with van der Waals surface area (Å²) in [6.07, 6.45) is 1.54. The second kappa shape index (κ2) is 8.47. The topological polar surface area (TPSA) is 50.7 Å². The van der Waals surface area contributed by atoms with Gasteiger partial charge in [0.1, 0.15) is 5.75 Å². The standard InChI is InChI=1S/C16H13Br2ClN2O2/c1-10-6-12(17)7-14(18)16(10)23-9-15(22)21-20-8-11-2-4-13(19)5-3-11/h2-8H,9H2,1H3,(H,21,22). The number of nitrogens with one attached hydrogen (secondary N) is 1. The van der Waals surface area contributed by atoms with Gasteiger partial charge in [-0.15, -0.1) is 0 Å². The highest BCUT2D eigenvalue weighted by Crippen LogP contribution is 2.32. The molecule has 0 saturated carbocycles. The second-order valence-corrected chi connectivity index (χ2v) is 6.87. The molecule has 0 bridgehead atoms. The fraction of sp³-hybridized carbons (Fsp3) is 0.125. The summed E-state index contributed by atoms with van der Waals surface area (Å²) in [4.78, 5) is 11.8. The number of hydrogen-bond acceptors (Lipinski definition) is 3. The van der Waals surface area contributed by atoms with Gasteiger partial charge in [0.15, 0.2) is 6.61 Å². The van der Waals surface area contributed by atoms with Gasteiger partial charge < -0.3 is 4.74 Å². The highest BCUT2D eigenvalue weighted by molar-refractivity contribution is 9.11. The van der Waals surface area contributed by atoms with E-state index in [1.54, 1.807) is 24.3 Å². The van der Waals surface area contributed by atoms with Gasteiger partial charge in [-0.1, -0.05) is 39.7 Å². The normalized spacial score (nSPS) is 10.8. The van der Waals surface area contributed by atoms with E-state index in [4.69, 9.17) is 16.3 Å². The van der Waals surface area contributed by atoms with Crippen LogP contribution < -0.4 is 10.2 Å². The summed E-state index contributed by atoms with van der Waals surface area (Å²) in [5.41, 5.74) is 4.17. The molecular formula is C16H13Br2ClN2O2. The van der Waals surface area contributed by atoms with E-state index in [-0.39, 0.29) is 12.5 Å². The Morgan fingerprint density at radius 1 is 1.30 bits per heavy atom. The molecule has 0 atom stereocenters. The van der Waals surface area contributed by atoms with Crippen LogP contribution in [-0.2, 0) is 4.79 Å². The third-order valence-corrected chi connectivity index (χ3v) is 4.11. The maximum absolute atomic E-state index is 11.8. The zero-order valence-electron chi connectivity index (χ0n) is 12.1. The number of hydrazone groups is 1. The molecule has 120 valence electrons. The molecule has 1 amide bonds. The van der Waals surface area contributed by atoms with Crippen LogP contribution in [0.2, 0.25) is 5.02 Å². The summed E-state index contributed by atoms with van der Waals surface area (Å²) in [5, 5.41) is 4.52. The van der Waals surface area contributed by atoms with E-state index in [2.05, 4.69) is 42.4 Å². The van der Waals surface area contributed by atoms with Crippen LogP contribution in [0, 0.1) is 6.92 Å². The molecule has 7 heteroatoms. The number of carbonyl (C=O) groups excluding carboxylic acids is 1. The van der Waals surface area contributed by atoms with E-state index in [0.29, 0.717) is 10.8 Å². The van der Waals surface area contributed by atoms with Crippen LogP contribution in [0.15, 0.2) is 50.4 Å². The van der Waals surface area contributed by atoms with Gasteiger partial charge in [-0.25, -0.2) is 5.43 Å². The van der Waals surface area contributed by atoms with Crippen molar-refractivity contribution in [2.75, 3.05) is 6.61 Å². The molecule has 0 saturated heterocycles. The lowest BCUT2D eigenvalue weighted by atomic mass is 10.2. The highest BCUT2D eigenvalue weighted by Gasteiger charge is 2.09. The Morgan fingerprint density at radius 2 is 2.00 bits per heavy atom. The number of hydrogen-bond donors (Lipinski definition) is 1. The molecule has 0 heterocycles. The molecule has 2 aromatic carbocycles. The number of aryl methyl sites for hydroxylation is 1. The molecule has 0 aliphatic heterocycles. The SMILES string of the molecule is Cc1cc(Br)cc(Br)c1OCC(=O)NN=Cc1ccc(Cl)cc1. The average Bonchev–Trinajstić information content (AvgIpc) is 2.48. The first kappa shape index (κ1) is 18.0. The molecule has 0 spiro atoms. The molecule has 2 rings (SSSR count). The van der Waals surface area contributed by atoms with Gasteiger partial charge >= 0.3 is 0 Å². The van der Waals surface area contributed by atoms with Crippen LogP contribution in [-0.4, -0.2) is 18.7 Å². The molecule has 0 unspecified atom stereocenters. The second-order valence-electron chi connectivity index (χ2n) is 4.67. The van der Waals surface area contributed by atoms with Crippen LogP contribution in [0.4, 0.5) is 0 Å². The van der Waals surface area contributed by atoms with Gasteiger partial charge in [-0.3, -0.25) is 4.79 Å². The van der Waals surface area contributed by atoms with E-state index in [0.717, 1.165) is 20.1 Å². The largest absolute Gasteiger partial charge is 0.482 e. The van der Waals surface area contributed by atoms with E-state index < -0.39 is 0 Å². The van der Waals surface area contributed by atoms with Gasteiger partial charge in [0.25, 0.3) is 5.91 Å². The van der Waals surface area contributed by atoms with Crippen LogP contribution in [0.1, 0.15) is 11.1 Å². The number of halogens is 3. The molecule has 0 aromatic heterocycles. The number of benzene rings is 2. The van der Waals surface area contributed by atoms with Crippen molar-refractivity contribution in [1.82, 2.24) is 5.43 Å². The van der Waals surface area contributed by atoms with Gasteiger partial charge in [0.05, 0.1) is 10.7 Å². The zero-order chi connectivity index (χ0) is 16.8. The monoisotopic (exact) mass is 458 g/mol. The minimum Gasteiger partial charge on any atom is -0.482 e. The third kappa shape index (κ3) is 5.64. The van der Waals surface area contributed by atoms with Gasteiger partial charge in [0.2, 0.25) is 0 Å². The van der Waals surface area contributed by atoms with Crippen LogP contribution in [0.3, 0.4) is 0 Å². The number of amides is 1. The van der Waals surface area contributed by atoms with Gasteiger partial charge in [0, 0.05) is 9.50 Å². The Morgan fingerprint density at radius 3 is 2.65 bits per heavy atom. The number of rotatable bonds is 5. The lowest BCUT2D eigenvalue weighted by molar-refractivity contribution is -0.123. The summed E-state index contributed by atoms with van der Waals surface area (Å²) >= 11 is 12.6. The van der Waals surface area contributed by atoms with Crippen molar-refractivity contribution in [3.8, 4) is 5.75 Å². The molecule has 0 aliphatic rings. The van der Waals surface area contributed by atoms with Crippen LogP contribution >= 0.6 is 43.5 Å². The lowest BCUT2D eigenvalue weighted by Crippen LogP contribution is -2.24. The van der Waals surface area contributed by atoms with Crippen LogP contribution in [0.25, 0.3) is 0 Å². The fourth-order valence-corrected chi connectivity index (χ4v) is 3.45. The molecule has 1 N–H and O–H groups in total. The molecule has 4 nitrogen and oxygen atoms in total. The Bertz CT molecular complexity index is 710. The smallest absolute Gasteiger partial charge is 0.277 e. The van der Waals surface area contributed by atoms with Crippen molar-refractivity contribution in [3.05, 3.63) is 61.5 Å². The van der Waals surface area contributed by atoms with E-state index in [1.165, 1.54) is 6.21 Å². The molecule has 2 aromatic rings. The summed E-state index contributed by atoms with van der Waals surface area (Å²) in [6.45, 7) is 1.78. The molecule has 0 fully saturated rings. The lowest BCUT2D eigenvalue weighted by Gasteiger charge is -2.10. The molecular weight excluding hydrogens is 447 g/mol. The first-order valence-electron chi connectivity index (χ1n) is 6.61. The van der Waals surface area contributed by atoms with Crippen molar-refractivity contribution in [2.45, 2.75) is 6.92 Å². The third-order valence-electron chi connectivity index (χ3n) is 2.81. The minimum absolute atomic E-state index is 0.126. The van der Waals surface area contributed by atoms with Crippen molar-refractivity contribution in [3.63, 3.8) is 0 Å². The van der Waals surface area contributed by atoms with Crippen molar-refractivity contribution >= 4 is 55.6 Å². The van der Waals surface area contributed by atoms with E-state index >= 15 is 0 Å². The van der Waals surface area contributed by atoms with Gasteiger partial charge in [-0.2, -0.15) is 5.10 Å². The Kier molecular flexibility index (Phi) is 6.62. The number of carbonyl (C=O) groups is 1. The van der Waals surface area contributed by atoms with Crippen molar-refractivity contribution < 1.29 is 9.53 Å². The fourth-order valence-electron chi connectivity index (χ4n) is 1.77. The Balaban J connectivity index is 1.87. The van der Waals surface area contributed by atoms with Crippen molar-refractivity contribution in [1.29, 1.82) is 0 Å². The molecule has 0 radical (unpaired) electrons. The predicted molar refractivity (Wildman–Crippen MR) is 99.3 cm³/mol. The van der Waals surface area contributed by atoms with Gasteiger partial charge in [-0.05, 0) is 58.2 Å². The summed E-state index contributed by atoms with van der Waals surface area (Å²) in [7, 11) is 0. The average molecular weight is 461 g/mol. The molecule has 23 heavy (non-hydrogen) atoms. The first-order valence-corrected chi connectivity index (χ1v) is 8.58. The Hall–Kier alpha value is -1.37. The molecule has 0 aliphatic carbocycles. The Labute approximate surface area is 156 Å². The van der Waals surface area contributed by atoms with E-state index in [9.17, 15) is 4.79 Å². The van der Waals surface area contributed by atoms with Crippen LogP contribution in [0.5, 0.6) is 5.75 Å². The highest BCUT2D eigenvalue weighted by atomic mass is 79.9. The first-order chi connectivity index (χ1) is 11.0. The zero-order valence-corrected chi connectivity index (χ0v) is 16.1. The summed E-state index contributed by atoms with van der Waals surface area (Å²) in [5.74, 6) is 0.287. The minimum atomic E-state index is -0.343. The maximum atomic E-state index is 11.8. The number of ether oxygens (including phenoxy) is 1. The van der Waals surface area contributed by atoms with Crippen molar-refractivity contribution in [2.24, 2.45) is 5.10 Å². The van der Waals surface area contributed by atoms with E-state index in [1.807, 2.05) is 19.1 Å². The summed E-state index contributed by atoms with van der Waals surface area (Å²) in [6, 6.07) is 10.9. The quantitative estimate of drug-likeness (QED) is 0.519. The maximum Gasteiger partial charge on any atom is 0.277 e. The summed E-state index contributed by atoms with van der Waals surface area (Å²) < 4.78 is 7.25. The predicted octanol–water partition coefficient (Wildman–Crippen LogP) is 4.70. The number of nitrogens with zero attached hydrogens (tertiary/aromatic N) is 1.